The van der Waals surface area contributed by atoms with Crippen molar-refractivity contribution in [1.29, 1.82) is 0 Å². The largest absolute Gasteiger partial charge is 0.368 e. The van der Waals surface area contributed by atoms with Gasteiger partial charge in [-0.25, -0.2) is 19.4 Å². The van der Waals surface area contributed by atoms with Gasteiger partial charge in [-0.05, 0) is 43.5 Å². The Morgan fingerprint density at radius 2 is 1.97 bits per heavy atom. The molecule has 7 N–H and O–H groups in total. The van der Waals surface area contributed by atoms with Crippen LogP contribution in [-0.4, -0.2) is 47.1 Å². The van der Waals surface area contributed by atoms with Crippen LogP contribution >= 0.6 is 0 Å². The number of carbonyl (C=O) groups excluding carboxylic acids is 2. The summed E-state index contributed by atoms with van der Waals surface area (Å²) in [5.41, 5.74) is 18.3. The van der Waals surface area contributed by atoms with E-state index in [1.807, 2.05) is 4.90 Å². The molecule has 0 aliphatic carbocycles. The third-order valence-electron chi connectivity index (χ3n) is 5.76. The van der Waals surface area contributed by atoms with E-state index in [4.69, 9.17) is 17.2 Å². The lowest BCUT2D eigenvalue weighted by Gasteiger charge is -2.34. The Labute approximate surface area is 189 Å². The number of carbonyl (C=O) groups is 2. The fourth-order valence-electron chi connectivity index (χ4n) is 3.98. The molecule has 2 aromatic rings. The number of para-hydroxylation sites is 1. The lowest BCUT2D eigenvalue weighted by Crippen LogP contribution is -2.37. The Morgan fingerprint density at radius 3 is 2.67 bits per heavy atom. The minimum absolute atomic E-state index is 0.0469. The van der Waals surface area contributed by atoms with E-state index in [1.54, 1.807) is 18.2 Å². The van der Waals surface area contributed by atoms with Crippen molar-refractivity contribution < 1.29 is 14.0 Å². The van der Waals surface area contributed by atoms with Crippen molar-refractivity contribution in [3.8, 4) is 0 Å². The van der Waals surface area contributed by atoms with Crippen LogP contribution in [0.25, 0.3) is 5.70 Å². The fraction of sp³-hybridized carbons (Fsp3) is 0.318. The molecule has 11 heteroatoms. The molecule has 0 bridgehead atoms. The summed E-state index contributed by atoms with van der Waals surface area (Å²) in [7, 11) is 0. The molecule has 33 heavy (non-hydrogen) atoms. The van der Waals surface area contributed by atoms with E-state index < -0.39 is 17.6 Å². The zero-order valence-electron chi connectivity index (χ0n) is 17.9. The number of aromatic nitrogens is 2. The summed E-state index contributed by atoms with van der Waals surface area (Å²) in [5.74, 6) is -1.31. The van der Waals surface area contributed by atoms with Crippen molar-refractivity contribution in [3.63, 3.8) is 0 Å². The Kier molecular flexibility index (Phi) is 6.31. The number of nitrogens with zero attached hydrogens (tertiary/aromatic N) is 4. The molecule has 172 valence electrons. The van der Waals surface area contributed by atoms with Crippen LogP contribution in [0.15, 0.2) is 35.3 Å². The zero-order chi connectivity index (χ0) is 23.5. The second-order valence-electron chi connectivity index (χ2n) is 7.97. The SMILES string of the molecule is NCC1CCN(c2c(F)cccc2NC(=O)C2=NC(c3cc(C(N)=O)nc(N)n3)=CC2)CC1. The normalized spacial score (nSPS) is 16.4. The zero-order valence-corrected chi connectivity index (χ0v) is 17.9. The Bertz CT molecular complexity index is 1160. The highest BCUT2D eigenvalue weighted by atomic mass is 19.1. The van der Waals surface area contributed by atoms with Crippen LogP contribution in [-0.2, 0) is 4.79 Å². The van der Waals surface area contributed by atoms with Gasteiger partial charge >= 0.3 is 0 Å². The molecule has 1 fully saturated rings. The number of piperidine rings is 1. The summed E-state index contributed by atoms with van der Waals surface area (Å²) < 4.78 is 14.7. The van der Waals surface area contributed by atoms with Crippen molar-refractivity contribution in [1.82, 2.24) is 9.97 Å². The van der Waals surface area contributed by atoms with Gasteiger partial charge in [-0.1, -0.05) is 12.1 Å². The van der Waals surface area contributed by atoms with Crippen LogP contribution in [0.5, 0.6) is 0 Å². The number of primary amides is 1. The van der Waals surface area contributed by atoms with Gasteiger partial charge in [0.05, 0.1) is 22.8 Å². The fourth-order valence-corrected chi connectivity index (χ4v) is 3.98. The van der Waals surface area contributed by atoms with E-state index >= 15 is 0 Å². The third kappa shape index (κ3) is 4.82. The van der Waals surface area contributed by atoms with Crippen LogP contribution in [0.1, 0.15) is 35.4 Å². The molecular weight excluding hydrogens is 427 g/mol. The summed E-state index contributed by atoms with van der Waals surface area (Å²) in [6.45, 7) is 1.94. The quantitative estimate of drug-likeness (QED) is 0.512. The lowest BCUT2D eigenvalue weighted by molar-refractivity contribution is -0.110. The van der Waals surface area contributed by atoms with Crippen LogP contribution in [0.2, 0.25) is 0 Å². The first-order valence-electron chi connectivity index (χ1n) is 10.6. The molecule has 4 rings (SSSR count). The molecule has 10 nitrogen and oxygen atoms in total. The van der Waals surface area contributed by atoms with E-state index in [1.165, 1.54) is 12.1 Å². The topological polar surface area (TPSA) is 166 Å². The maximum absolute atomic E-state index is 14.7. The number of hydrogen-bond acceptors (Lipinski definition) is 8. The number of nitrogens with one attached hydrogen (secondary N) is 1. The van der Waals surface area contributed by atoms with E-state index in [-0.39, 0.29) is 29.5 Å². The highest BCUT2D eigenvalue weighted by molar-refractivity contribution is 6.45. The predicted octanol–water partition coefficient (Wildman–Crippen LogP) is 1.30. The first-order chi connectivity index (χ1) is 15.9. The van der Waals surface area contributed by atoms with Crippen LogP contribution in [0.4, 0.5) is 21.7 Å². The first kappa shape index (κ1) is 22.3. The number of hydrogen-bond donors (Lipinski definition) is 4. The van der Waals surface area contributed by atoms with Gasteiger partial charge in [0.25, 0.3) is 11.8 Å². The highest BCUT2D eigenvalue weighted by Gasteiger charge is 2.25. The second-order valence-corrected chi connectivity index (χ2v) is 7.97. The molecular formula is C22H25FN8O2. The standard InChI is InChI=1S/C22H25FN8O2/c23-13-2-1-3-15(19(13)31-8-6-12(11-24)7-9-31)28-21(33)16-5-4-14(27-16)17-10-18(20(25)32)30-22(26)29-17/h1-4,10,12H,5-9,11,24H2,(H2,25,32)(H,28,33)(H2,26,29,30). The van der Waals surface area contributed by atoms with Gasteiger partial charge in [0.1, 0.15) is 17.2 Å². The summed E-state index contributed by atoms with van der Waals surface area (Å²) in [6, 6.07) is 5.96. The summed E-state index contributed by atoms with van der Waals surface area (Å²) >= 11 is 0. The molecule has 1 aromatic carbocycles. The number of amides is 2. The molecule has 2 amide bonds. The van der Waals surface area contributed by atoms with Gasteiger partial charge in [-0.3, -0.25) is 9.59 Å². The number of nitrogens with two attached hydrogens (primary N) is 3. The molecule has 0 atom stereocenters. The van der Waals surface area contributed by atoms with Crippen molar-refractivity contribution >= 4 is 40.5 Å². The molecule has 2 aliphatic rings. The average molecular weight is 452 g/mol. The van der Waals surface area contributed by atoms with Gasteiger partial charge in [-0.2, -0.15) is 0 Å². The summed E-state index contributed by atoms with van der Waals surface area (Å²) in [6.07, 6.45) is 3.66. The van der Waals surface area contributed by atoms with Crippen molar-refractivity contribution in [2.45, 2.75) is 19.3 Å². The van der Waals surface area contributed by atoms with E-state index in [0.29, 0.717) is 42.6 Å². The molecule has 0 spiro atoms. The molecule has 1 saturated heterocycles. The number of aliphatic imine (C=N–C) groups is 1. The molecule has 0 saturated carbocycles. The van der Waals surface area contributed by atoms with E-state index in [9.17, 15) is 14.0 Å². The van der Waals surface area contributed by atoms with Crippen LogP contribution < -0.4 is 27.4 Å². The summed E-state index contributed by atoms with van der Waals surface area (Å²) in [5, 5.41) is 2.79. The van der Waals surface area contributed by atoms with Crippen LogP contribution in [0, 0.1) is 11.7 Å². The molecule has 0 radical (unpaired) electrons. The lowest BCUT2D eigenvalue weighted by atomic mass is 9.96. The number of anilines is 3. The summed E-state index contributed by atoms with van der Waals surface area (Å²) in [4.78, 5) is 38.5. The minimum Gasteiger partial charge on any atom is -0.368 e. The molecule has 2 aliphatic heterocycles. The second kappa shape index (κ2) is 9.33. The minimum atomic E-state index is -0.750. The number of rotatable bonds is 6. The van der Waals surface area contributed by atoms with Gasteiger partial charge in [-0.15, -0.1) is 0 Å². The smallest absolute Gasteiger partial charge is 0.270 e. The van der Waals surface area contributed by atoms with Gasteiger partial charge in [0.15, 0.2) is 0 Å². The monoisotopic (exact) mass is 452 g/mol. The molecule has 0 unspecified atom stereocenters. The van der Waals surface area contributed by atoms with E-state index in [2.05, 4.69) is 20.3 Å². The Hall–Kier alpha value is -3.86. The van der Waals surface area contributed by atoms with Gasteiger partial charge in [0.2, 0.25) is 5.95 Å². The average Bonchev–Trinajstić information content (AvgIpc) is 3.30. The molecule has 3 heterocycles. The van der Waals surface area contributed by atoms with Gasteiger partial charge in [0, 0.05) is 19.5 Å². The predicted molar refractivity (Wildman–Crippen MR) is 124 cm³/mol. The molecule has 1 aromatic heterocycles. The maximum atomic E-state index is 14.7. The van der Waals surface area contributed by atoms with Gasteiger partial charge < -0.3 is 27.4 Å². The Morgan fingerprint density at radius 1 is 1.21 bits per heavy atom. The maximum Gasteiger partial charge on any atom is 0.270 e. The van der Waals surface area contributed by atoms with Crippen molar-refractivity contribution in [2.75, 3.05) is 35.6 Å². The van der Waals surface area contributed by atoms with Crippen molar-refractivity contribution in [2.24, 2.45) is 22.4 Å². The number of halogens is 1. The number of allylic oxidation sites excluding steroid dienone is 1. The number of benzene rings is 1. The number of nitrogen functional groups attached to an aromatic ring is 1. The van der Waals surface area contributed by atoms with Crippen LogP contribution in [0.3, 0.4) is 0 Å². The highest BCUT2D eigenvalue weighted by Crippen LogP contribution is 2.33. The van der Waals surface area contributed by atoms with Crippen molar-refractivity contribution in [3.05, 3.63) is 47.5 Å². The Balaban J connectivity index is 1.52. The first-order valence-corrected chi connectivity index (χ1v) is 10.6. The third-order valence-corrected chi connectivity index (χ3v) is 5.76. The van der Waals surface area contributed by atoms with E-state index in [0.717, 1.165) is 12.8 Å².